The summed E-state index contributed by atoms with van der Waals surface area (Å²) in [6, 6.07) is -0.499. The van der Waals surface area contributed by atoms with Crippen LogP contribution in [-0.4, -0.2) is 54.6 Å². The third-order valence-electron chi connectivity index (χ3n) is 1.84. The molecule has 100 valence electrons. The van der Waals surface area contributed by atoms with Gasteiger partial charge in [0.1, 0.15) is 0 Å². The number of aliphatic carboxylic acids is 1. The molecule has 0 aromatic carbocycles. The fraction of sp³-hybridized carbons (Fsp3) is 0.800. The van der Waals surface area contributed by atoms with Gasteiger partial charge in [0.15, 0.2) is 6.10 Å². The lowest BCUT2D eigenvalue weighted by molar-refractivity contribution is -0.146. The van der Waals surface area contributed by atoms with E-state index < -0.39 is 18.1 Å². The number of amides is 2. The van der Waals surface area contributed by atoms with Gasteiger partial charge in [-0.3, -0.25) is 0 Å². The number of carboxylic acid groups (broad SMARTS) is 1. The molecule has 0 fully saturated rings. The molecule has 0 aromatic rings. The van der Waals surface area contributed by atoms with Crippen LogP contribution < -0.4 is 10.6 Å². The van der Waals surface area contributed by atoms with Gasteiger partial charge in [-0.25, -0.2) is 9.59 Å². The fourth-order valence-corrected chi connectivity index (χ4v) is 0.962. The van der Waals surface area contributed by atoms with Gasteiger partial charge in [0.25, 0.3) is 0 Å². The quantitative estimate of drug-likeness (QED) is 0.413. The molecule has 0 aliphatic rings. The van der Waals surface area contributed by atoms with Crippen molar-refractivity contribution in [1.82, 2.24) is 10.6 Å². The Labute approximate surface area is 100 Å². The molecule has 0 saturated heterocycles. The van der Waals surface area contributed by atoms with Crippen molar-refractivity contribution in [3.63, 3.8) is 0 Å². The van der Waals surface area contributed by atoms with Crippen LogP contribution in [-0.2, 0) is 9.53 Å². The summed E-state index contributed by atoms with van der Waals surface area (Å²) in [7, 11) is 0. The second kappa shape index (κ2) is 9.86. The van der Waals surface area contributed by atoms with E-state index in [0.717, 1.165) is 6.42 Å². The topological polar surface area (TPSA) is 108 Å². The number of aliphatic hydroxyl groups is 1. The molecule has 0 aromatic heterocycles. The Bertz CT molecular complexity index is 235. The molecule has 1 atom stereocenters. The molecule has 17 heavy (non-hydrogen) atoms. The number of hydrogen-bond acceptors (Lipinski definition) is 4. The first-order valence-corrected chi connectivity index (χ1v) is 5.58. The molecule has 0 aliphatic heterocycles. The lowest BCUT2D eigenvalue weighted by Gasteiger charge is -2.09. The van der Waals surface area contributed by atoms with Crippen molar-refractivity contribution < 1.29 is 24.5 Å². The largest absolute Gasteiger partial charge is 0.479 e. The summed E-state index contributed by atoms with van der Waals surface area (Å²) in [6.07, 6.45) is 0.0734. The number of hydrogen-bond donors (Lipinski definition) is 4. The number of carboxylic acids is 1. The number of urea groups is 1. The third kappa shape index (κ3) is 9.58. The Kier molecular flexibility index (Phi) is 9.08. The van der Waals surface area contributed by atoms with Gasteiger partial charge in [0, 0.05) is 19.8 Å². The Balaban J connectivity index is 3.38. The van der Waals surface area contributed by atoms with E-state index in [1.165, 1.54) is 0 Å². The van der Waals surface area contributed by atoms with E-state index >= 15 is 0 Å². The molecule has 0 saturated carbocycles. The third-order valence-corrected chi connectivity index (χ3v) is 1.84. The molecule has 1 unspecified atom stereocenters. The highest BCUT2D eigenvalue weighted by atomic mass is 16.5. The predicted octanol–water partition coefficient (Wildman–Crippen LogP) is -0.452. The summed E-state index contributed by atoms with van der Waals surface area (Å²) in [6.45, 7) is 3.43. The molecule has 2 amide bonds. The minimum absolute atomic E-state index is 0.312. The Hall–Kier alpha value is -1.34. The van der Waals surface area contributed by atoms with E-state index in [4.69, 9.17) is 14.9 Å². The second-order valence-electron chi connectivity index (χ2n) is 3.46. The maximum atomic E-state index is 11.1. The molecule has 0 aliphatic carbocycles. The lowest BCUT2D eigenvalue weighted by Crippen LogP contribution is -2.42. The van der Waals surface area contributed by atoms with Gasteiger partial charge in [-0.15, -0.1) is 0 Å². The number of nitrogens with one attached hydrogen (secondary N) is 2. The summed E-state index contributed by atoms with van der Waals surface area (Å²) in [5.41, 5.74) is 0. The molecule has 0 heterocycles. The van der Waals surface area contributed by atoms with Crippen LogP contribution >= 0.6 is 0 Å². The number of rotatable bonds is 9. The van der Waals surface area contributed by atoms with Crippen LogP contribution in [0.5, 0.6) is 0 Å². The van der Waals surface area contributed by atoms with Gasteiger partial charge < -0.3 is 25.6 Å². The zero-order valence-corrected chi connectivity index (χ0v) is 9.94. The molecular weight excluding hydrogens is 228 g/mol. The van der Waals surface area contributed by atoms with Crippen LogP contribution in [0.3, 0.4) is 0 Å². The highest BCUT2D eigenvalue weighted by Gasteiger charge is 2.13. The van der Waals surface area contributed by atoms with E-state index in [1.807, 2.05) is 6.92 Å². The molecule has 4 N–H and O–H groups in total. The van der Waals surface area contributed by atoms with Gasteiger partial charge in [-0.2, -0.15) is 0 Å². The van der Waals surface area contributed by atoms with E-state index in [9.17, 15) is 9.59 Å². The monoisotopic (exact) mass is 248 g/mol. The van der Waals surface area contributed by atoms with Crippen LogP contribution in [0, 0.1) is 0 Å². The van der Waals surface area contributed by atoms with Crippen molar-refractivity contribution in [2.24, 2.45) is 0 Å². The molecule has 0 bridgehead atoms. The molecule has 0 spiro atoms. The van der Waals surface area contributed by atoms with Gasteiger partial charge >= 0.3 is 12.0 Å². The van der Waals surface area contributed by atoms with Crippen molar-refractivity contribution >= 4 is 12.0 Å². The molecule has 0 rings (SSSR count). The normalized spacial score (nSPS) is 11.9. The zero-order chi connectivity index (χ0) is 13.1. The van der Waals surface area contributed by atoms with Crippen LogP contribution in [0.4, 0.5) is 4.79 Å². The molecule has 7 nitrogen and oxygen atoms in total. The summed E-state index contributed by atoms with van der Waals surface area (Å²) in [5, 5.41) is 22.0. The fourth-order valence-electron chi connectivity index (χ4n) is 0.962. The maximum absolute atomic E-state index is 11.1. The number of ether oxygens (including phenoxy) is 1. The lowest BCUT2D eigenvalue weighted by atomic mass is 10.3. The summed E-state index contributed by atoms with van der Waals surface area (Å²) in [5.74, 6) is -1.36. The first-order chi connectivity index (χ1) is 8.07. The van der Waals surface area contributed by atoms with E-state index in [0.29, 0.717) is 26.2 Å². The SMILES string of the molecule is CCCOCCCNC(=O)NCC(O)C(=O)O. The van der Waals surface area contributed by atoms with Gasteiger partial charge in [0.05, 0.1) is 6.54 Å². The number of carbonyl (C=O) groups excluding carboxylic acids is 1. The Morgan fingerprint density at radius 2 is 2.00 bits per heavy atom. The standard InChI is InChI=1S/C10H20N2O5/c1-2-5-17-6-3-4-11-10(16)12-7-8(13)9(14)15/h8,13H,2-7H2,1H3,(H,14,15)(H2,11,12,16). The maximum Gasteiger partial charge on any atom is 0.334 e. The molecule has 0 radical (unpaired) electrons. The minimum Gasteiger partial charge on any atom is -0.479 e. The van der Waals surface area contributed by atoms with Crippen LogP contribution in [0.1, 0.15) is 19.8 Å². The van der Waals surface area contributed by atoms with Crippen LogP contribution in [0.25, 0.3) is 0 Å². The van der Waals surface area contributed by atoms with Gasteiger partial charge in [0.2, 0.25) is 0 Å². The van der Waals surface area contributed by atoms with Gasteiger partial charge in [-0.1, -0.05) is 6.92 Å². The van der Waals surface area contributed by atoms with Crippen molar-refractivity contribution in [2.45, 2.75) is 25.9 Å². The first kappa shape index (κ1) is 15.7. The summed E-state index contributed by atoms with van der Waals surface area (Å²) >= 11 is 0. The van der Waals surface area contributed by atoms with Crippen LogP contribution in [0.2, 0.25) is 0 Å². The average Bonchev–Trinajstić information content (AvgIpc) is 2.30. The first-order valence-electron chi connectivity index (χ1n) is 5.58. The van der Waals surface area contributed by atoms with Crippen molar-refractivity contribution in [2.75, 3.05) is 26.3 Å². The molecular formula is C10H20N2O5. The summed E-state index contributed by atoms with van der Waals surface area (Å²) in [4.78, 5) is 21.3. The van der Waals surface area contributed by atoms with E-state index in [2.05, 4.69) is 10.6 Å². The van der Waals surface area contributed by atoms with Crippen LogP contribution in [0.15, 0.2) is 0 Å². The molecule has 7 heteroatoms. The predicted molar refractivity (Wildman–Crippen MR) is 60.8 cm³/mol. The zero-order valence-electron chi connectivity index (χ0n) is 9.94. The number of aliphatic hydroxyl groups excluding tert-OH is 1. The highest BCUT2D eigenvalue weighted by molar-refractivity contribution is 5.76. The van der Waals surface area contributed by atoms with E-state index in [1.54, 1.807) is 0 Å². The second-order valence-corrected chi connectivity index (χ2v) is 3.46. The van der Waals surface area contributed by atoms with Crippen molar-refractivity contribution in [1.29, 1.82) is 0 Å². The number of carbonyl (C=O) groups is 2. The Morgan fingerprint density at radius 3 is 2.59 bits per heavy atom. The van der Waals surface area contributed by atoms with E-state index in [-0.39, 0.29) is 6.54 Å². The summed E-state index contributed by atoms with van der Waals surface area (Å²) < 4.78 is 5.20. The smallest absolute Gasteiger partial charge is 0.334 e. The van der Waals surface area contributed by atoms with Gasteiger partial charge in [-0.05, 0) is 12.8 Å². The van der Waals surface area contributed by atoms with Crippen molar-refractivity contribution in [3.05, 3.63) is 0 Å². The average molecular weight is 248 g/mol. The minimum atomic E-state index is -1.58. The highest BCUT2D eigenvalue weighted by Crippen LogP contribution is 1.84. The Morgan fingerprint density at radius 1 is 1.29 bits per heavy atom. The van der Waals surface area contributed by atoms with Crippen molar-refractivity contribution in [3.8, 4) is 0 Å².